The highest BCUT2D eigenvalue weighted by molar-refractivity contribution is 5.71. The van der Waals surface area contributed by atoms with Crippen LogP contribution in [0.4, 0.5) is 0 Å². The SMILES string of the molecule is CC/C=C\C/C=C\C/C=C\C/C=C\CCCCCCCCC(=O)OCC(COC(=O)CCCCCCC/C=C\CCCCCCCCC)OC(=O)CCC/C=C\C/C=C\C/C=C\C/C=C\CCCCC. The highest BCUT2D eigenvalue weighted by Crippen LogP contribution is 2.14. The Kier molecular flexibility index (Phi) is 54.4. The standard InChI is InChI=1S/C64H106O6/c1-4-7-10-13-16-19-22-25-28-31-32-34-36-39-42-45-48-51-54-57-63(66)69-60-61(59-68-62(65)56-53-50-47-44-41-38-35-30-27-24-21-18-15-12-9-6-3)70-64(67)58-55-52-49-46-43-40-37-33-29-26-23-20-17-14-11-8-5-2/h7,10,16-17,19-20,25-26,28-30,32,34-35,37,40,46,49,61H,4-6,8-9,11-15,18,21-24,27,31,33,36,38-39,41-45,47-48,50-60H2,1-3H3/b10-7-,19-16-,20-17-,28-25-,29-26-,34-32-,35-30-,40-37-,49-46-. The van der Waals surface area contributed by atoms with Gasteiger partial charge in [0.05, 0.1) is 0 Å². The van der Waals surface area contributed by atoms with Gasteiger partial charge in [-0.25, -0.2) is 0 Å². The first-order valence-electron chi connectivity index (χ1n) is 28.9. The molecule has 0 amide bonds. The van der Waals surface area contributed by atoms with Crippen LogP contribution in [0.15, 0.2) is 109 Å². The lowest BCUT2D eigenvalue weighted by Crippen LogP contribution is -2.30. The number of hydrogen-bond acceptors (Lipinski definition) is 6. The van der Waals surface area contributed by atoms with E-state index >= 15 is 0 Å². The number of ether oxygens (including phenoxy) is 3. The van der Waals surface area contributed by atoms with Crippen molar-refractivity contribution in [2.75, 3.05) is 13.2 Å². The first-order valence-corrected chi connectivity index (χ1v) is 28.9. The van der Waals surface area contributed by atoms with Crippen LogP contribution in [0, 0.1) is 0 Å². The lowest BCUT2D eigenvalue weighted by molar-refractivity contribution is -0.167. The summed E-state index contributed by atoms with van der Waals surface area (Å²) in [7, 11) is 0. The fourth-order valence-electron chi connectivity index (χ4n) is 7.66. The molecule has 0 saturated carbocycles. The molecule has 0 spiro atoms. The quantitative estimate of drug-likeness (QED) is 0.0262. The molecule has 0 aliphatic rings. The minimum absolute atomic E-state index is 0.110. The molecule has 6 nitrogen and oxygen atoms in total. The van der Waals surface area contributed by atoms with Gasteiger partial charge in [0.15, 0.2) is 6.10 Å². The summed E-state index contributed by atoms with van der Waals surface area (Å²) in [6.45, 7) is 6.43. The van der Waals surface area contributed by atoms with Gasteiger partial charge in [0.1, 0.15) is 13.2 Å². The Morgan fingerprint density at radius 2 is 0.571 bits per heavy atom. The third-order valence-electron chi connectivity index (χ3n) is 12.0. The second-order valence-corrected chi connectivity index (χ2v) is 18.8. The van der Waals surface area contributed by atoms with Gasteiger partial charge in [-0.3, -0.25) is 14.4 Å². The molecule has 0 fully saturated rings. The van der Waals surface area contributed by atoms with Crippen LogP contribution in [0.25, 0.3) is 0 Å². The van der Waals surface area contributed by atoms with Crippen LogP contribution in [0.2, 0.25) is 0 Å². The maximum absolute atomic E-state index is 12.8. The summed E-state index contributed by atoms with van der Waals surface area (Å²) in [5, 5.41) is 0. The molecule has 0 aliphatic carbocycles. The highest BCUT2D eigenvalue weighted by Gasteiger charge is 2.19. The van der Waals surface area contributed by atoms with E-state index in [1.54, 1.807) is 0 Å². The van der Waals surface area contributed by atoms with E-state index in [0.717, 1.165) is 116 Å². The van der Waals surface area contributed by atoms with Gasteiger partial charge < -0.3 is 14.2 Å². The van der Waals surface area contributed by atoms with Crippen molar-refractivity contribution in [2.45, 2.75) is 264 Å². The van der Waals surface area contributed by atoms with Gasteiger partial charge in [-0.15, -0.1) is 0 Å². The van der Waals surface area contributed by atoms with Gasteiger partial charge >= 0.3 is 17.9 Å². The van der Waals surface area contributed by atoms with Crippen molar-refractivity contribution in [3.63, 3.8) is 0 Å². The minimum Gasteiger partial charge on any atom is -0.462 e. The molecule has 0 aromatic carbocycles. The van der Waals surface area contributed by atoms with Crippen LogP contribution >= 0.6 is 0 Å². The summed E-state index contributed by atoms with van der Waals surface area (Å²) in [4.78, 5) is 38.2. The van der Waals surface area contributed by atoms with E-state index in [4.69, 9.17) is 14.2 Å². The van der Waals surface area contributed by atoms with Crippen molar-refractivity contribution >= 4 is 17.9 Å². The summed E-state index contributed by atoms with van der Waals surface area (Å²) in [6.07, 6.45) is 77.9. The first-order chi connectivity index (χ1) is 34.5. The number of unbranched alkanes of at least 4 members (excludes halogenated alkanes) is 22. The minimum atomic E-state index is -0.819. The molecule has 0 aliphatic heterocycles. The molecule has 0 bridgehead atoms. The monoisotopic (exact) mass is 971 g/mol. The molecule has 0 radical (unpaired) electrons. The molecule has 6 heteroatoms. The van der Waals surface area contributed by atoms with Crippen LogP contribution in [-0.2, 0) is 28.6 Å². The van der Waals surface area contributed by atoms with Gasteiger partial charge in [0.25, 0.3) is 0 Å². The van der Waals surface area contributed by atoms with Crippen molar-refractivity contribution in [1.82, 2.24) is 0 Å². The highest BCUT2D eigenvalue weighted by atomic mass is 16.6. The van der Waals surface area contributed by atoms with Crippen molar-refractivity contribution < 1.29 is 28.6 Å². The number of rotatable bonds is 51. The molecule has 0 aromatic heterocycles. The summed E-state index contributed by atoms with van der Waals surface area (Å²) in [5.41, 5.74) is 0. The maximum atomic E-state index is 12.8. The van der Waals surface area contributed by atoms with Crippen molar-refractivity contribution in [3.05, 3.63) is 109 Å². The molecule has 0 aromatic rings. The fraction of sp³-hybridized carbons (Fsp3) is 0.672. The van der Waals surface area contributed by atoms with Crippen molar-refractivity contribution in [3.8, 4) is 0 Å². The maximum Gasteiger partial charge on any atom is 0.306 e. The number of allylic oxidation sites excluding steroid dienone is 18. The largest absolute Gasteiger partial charge is 0.462 e. The van der Waals surface area contributed by atoms with Crippen LogP contribution in [0.3, 0.4) is 0 Å². The predicted octanol–water partition coefficient (Wildman–Crippen LogP) is 19.5. The van der Waals surface area contributed by atoms with Gasteiger partial charge in [0.2, 0.25) is 0 Å². The smallest absolute Gasteiger partial charge is 0.306 e. The van der Waals surface area contributed by atoms with Crippen molar-refractivity contribution in [1.29, 1.82) is 0 Å². The number of carbonyl (C=O) groups is 3. The van der Waals surface area contributed by atoms with Gasteiger partial charge in [-0.1, -0.05) is 226 Å². The summed E-state index contributed by atoms with van der Waals surface area (Å²) in [5.74, 6) is -0.988. The molecule has 0 rings (SSSR count). The van der Waals surface area contributed by atoms with E-state index in [0.29, 0.717) is 19.3 Å². The van der Waals surface area contributed by atoms with E-state index in [1.165, 1.54) is 96.3 Å². The zero-order valence-electron chi connectivity index (χ0n) is 45.5. The van der Waals surface area contributed by atoms with E-state index in [9.17, 15) is 14.4 Å². The van der Waals surface area contributed by atoms with Crippen LogP contribution in [0.1, 0.15) is 258 Å². The number of hydrogen-bond donors (Lipinski definition) is 0. The third kappa shape index (κ3) is 55.0. The summed E-state index contributed by atoms with van der Waals surface area (Å²) >= 11 is 0. The van der Waals surface area contributed by atoms with E-state index in [1.807, 2.05) is 0 Å². The zero-order chi connectivity index (χ0) is 50.7. The van der Waals surface area contributed by atoms with Gasteiger partial charge in [-0.05, 0) is 122 Å². The van der Waals surface area contributed by atoms with Crippen LogP contribution < -0.4 is 0 Å². The Hall–Kier alpha value is -3.93. The molecule has 0 heterocycles. The van der Waals surface area contributed by atoms with Crippen LogP contribution in [0.5, 0.6) is 0 Å². The molecular weight excluding hydrogens is 865 g/mol. The molecular formula is C64H106O6. The molecule has 1 atom stereocenters. The summed E-state index contributed by atoms with van der Waals surface area (Å²) < 4.78 is 16.8. The Morgan fingerprint density at radius 3 is 0.957 bits per heavy atom. The lowest BCUT2D eigenvalue weighted by atomic mass is 10.1. The Labute approximate surface area is 431 Å². The average molecular weight is 972 g/mol. The Morgan fingerprint density at radius 1 is 0.300 bits per heavy atom. The Bertz CT molecular complexity index is 1440. The van der Waals surface area contributed by atoms with Gasteiger partial charge in [-0.2, -0.15) is 0 Å². The third-order valence-corrected chi connectivity index (χ3v) is 12.0. The second-order valence-electron chi connectivity index (χ2n) is 18.8. The normalized spacial score (nSPS) is 12.9. The van der Waals surface area contributed by atoms with Crippen molar-refractivity contribution in [2.24, 2.45) is 0 Å². The number of esters is 3. The molecule has 398 valence electrons. The average Bonchev–Trinajstić information content (AvgIpc) is 3.36. The lowest BCUT2D eigenvalue weighted by Gasteiger charge is -2.18. The second kappa shape index (κ2) is 57.6. The molecule has 0 saturated heterocycles. The Balaban J connectivity index is 4.52. The van der Waals surface area contributed by atoms with E-state index < -0.39 is 6.10 Å². The van der Waals surface area contributed by atoms with E-state index in [-0.39, 0.29) is 37.5 Å². The first kappa shape index (κ1) is 66.1. The van der Waals surface area contributed by atoms with E-state index in [2.05, 4.69) is 130 Å². The fourth-order valence-corrected chi connectivity index (χ4v) is 7.66. The molecule has 70 heavy (non-hydrogen) atoms. The molecule has 0 N–H and O–H groups in total. The van der Waals surface area contributed by atoms with Gasteiger partial charge in [0, 0.05) is 19.3 Å². The van der Waals surface area contributed by atoms with Crippen LogP contribution in [-0.4, -0.2) is 37.2 Å². The topological polar surface area (TPSA) is 78.9 Å². The number of carbonyl (C=O) groups excluding carboxylic acids is 3. The molecule has 1 unspecified atom stereocenters. The predicted molar refractivity (Wildman–Crippen MR) is 302 cm³/mol. The zero-order valence-corrected chi connectivity index (χ0v) is 45.5. The summed E-state index contributed by atoms with van der Waals surface area (Å²) in [6, 6.07) is 0.